The second-order valence-electron chi connectivity index (χ2n) is 9.10. The third kappa shape index (κ3) is 10.1. The molecule has 1 heterocycles. The summed E-state index contributed by atoms with van der Waals surface area (Å²) in [7, 11) is 0. The van der Waals surface area contributed by atoms with Crippen molar-refractivity contribution in [1.82, 2.24) is 20.9 Å². The van der Waals surface area contributed by atoms with Gasteiger partial charge in [0.1, 0.15) is 18.1 Å². The van der Waals surface area contributed by atoms with Crippen LogP contribution >= 0.6 is 11.8 Å². The lowest BCUT2D eigenvalue weighted by atomic mass is 10.0. The number of aliphatic carboxylic acids is 1. The normalized spacial score (nSPS) is 14.0. The second-order valence-corrected chi connectivity index (χ2v) is 10.1. The minimum Gasteiger partial charge on any atom is -0.480 e. The molecule has 0 aliphatic rings. The van der Waals surface area contributed by atoms with Gasteiger partial charge in [0.2, 0.25) is 17.7 Å². The number of carbonyl (C=O) groups excluding carboxylic acids is 3. The third-order valence-corrected chi connectivity index (χ3v) is 6.72. The minimum absolute atomic E-state index is 0.0207. The largest absolute Gasteiger partial charge is 0.480 e. The number of hydrogen-bond acceptors (Lipinski definition) is 8. The Hall–Kier alpha value is -3.82. The highest BCUT2D eigenvalue weighted by molar-refractivity contribution is 7.98. The van der Waals surface area contributed by atoms with Crippen LogP contribution in [0.15, 0.2) is 35.5 Å². The van der Waals surface area contributed by atoms with Crippen LogP contribution in [0.4, 0.5) is 0 Å². The smallest absolute Gasteiger partial charge is 0.328 e. The number of guanidine groups is 1. The highest BCUT2D eigenvalue weighted by Gasteiger charge is 2.30. The van der Waals surface area contributed by atoms with Crippen LogP contribution < -0.4 is 33.2 Å². The lowest BCUT2D eigenvalue weighted by molar-refractivity contribution is -0.143. The Morgan fingerprint density at radius 1 is 1.00 bits per heavy atom. The molecule has 0 bridgehead atoms. The van der Waals surface area contributed by atoms with Crippen molar-refractivity contribution in [2.24, 2.45) is 22.2 Å². The van der Waals surface area contributed by atoms with Crippen molar-refractivity contribution in [2.75, 3.05) is 25.2 Å². The molecule has 12 N–H and O–H groups in total. The molecule has 3 amide bonds. The molecule has 4 atom stereocenters. The van der Waals surface area contributed by atoms with E-state index in [1.165, 1.54) is 11.8 Å². The first-order valence-corrected chi connectivity index (χ1v) is 14.1. The molecule has 1 aromatic heterocycles. The molecule has 15 heteroatoms. The quantitative estimate of drug-likeness (QED) is 0.0589. The Morgan fingerprint density at radius 3 is 2.30 bits per heavy atom. The molecule has 1 aromatic carbocycles. The predicted octanol–water partition coefficient (Wildman–Crippen LogP) is -1.62. The highest BCUT2D eigenvalue weighted by Crippen LogP contribution is 2.19. The van der Waals surface area contributed by atoms with Gasteiger partial charge in [0.25, 0.3) is 0 Å². The van der Waals surface area contributed by atoms with E-state index in [4.69, 9.17) is 17.2 Å². The van der Waals surface area contributed by atoms with E-state index in [0.29, 0.717) is 24.3 Å². The van der Waals surface area contributed by atoms with Crippen molar-refractivity contribution in [1.29, 1.82) is 0 Å². The maximum atomic E-state index is 13.4. The summed E-state index contributed by atoms with van der Waals surface area (Å²) in [6.45, 7) is -0.530. The standard InChI is InChI=1S/C25H38N8O6S/c1-40-10-8-18(31-21(35)16(26)6-4-9-29-25(27)28)22(36)32-19(23(37)33-20(13-34)24(38)39)11-14-12-30-17-7-3-2-5-15(14)17/h2-3,5,7,12,16,18-20,30,34H,4,6,8-11,13,26H2,1H3,(H,31,35)(H,32,36)(H,33,37)(H,38,39)(H4,27,28,29). The minimum atomic E-state index is -1.56. The van der Waals surface area contributed by atoms with Crippen molar-refractivity contribution < 1.29 is 29.4 Å². The van der Waals surface area contributed by atoms with Crippen LogP contribution in [0.25, 0.3) is 10.9 Å². The molecule has 40 heavy (non-hydrogen) atoms. The van der Waals surface area contributed by atoms with E-state index in [9.17, 15) is 29.4 Å². The Bertz CT molecular complexity index is 1190. The Morgan fingerprint density at radius 2 is 1.65 bits per heavy atom. The molecular formula is C25H38N8O6S. The van der Waals surface area contributed by atoms with Gasteiger partial charge in [0.05, 0.1) is 12.6 Å². The summed E-state index contributed by atoms with van der Waals surface area (Å²) in [4.78, 5) is 57.6. The zero-order valence-corrected chi connectivity index (χ0v) is 23.1. The number of carbonyl (C=O) groups is 4. The zero-order valence-electron chi connectivity index (χ0n) is 22.3. The first-order valence-electron chi connectivity index (χ1n) is 12.7. The van der Waals surface area contributed by atoms with Crippen LogP contribution in [0.1, 0.15) is 24.8 Å². The number of H-pyrrole nitrogens is 1. The summed E-state index contributed by atoms with van der Waals surface area (Å²) in [6.07, 6.45) is 4.56. The fraction of sp³-hybridized carbons (Fsp3) is 0.480. The maximum Gasteiger partial charge on any atom is 0.328 e. The average molecular weight is 579 g/mol. The molecule has 0 saturated heterocycles. The van der Waals surface area contributed by atoms with Gasteiger partial charge in [-0.1, -0.05) is 18.2 Å². The molecule has 0 saturated carbocycles. The van der Waals surface area contributed by atoms with Gasteiger partial charge in [-0.2, -0.15) is 11.8 Å². The monoisotopic (exact) mass is 578 g/mol. The zero-order chi connectivity index (χ0) is 29.7. The number of nitrogens with one attached hydrogen (secondary N) is 4. The number of para-hydroxylation sites is 1. The molecule has 0 aliphatic carbocycles. The van der Waals surface area contributed by atoms with Gasteiger partial charge in [0.15, 0.2) is 5.96 Å². The number of nitrogens with zero attached hydrogens (tertiary/aromatic N) is 1. The third-order valence-electron chi connectivity index (χ3n) is 6.08. The molecule has 4 unspecified atom stereocenters. The van der Waals surface area contributed by atoms with E-state index in [2.05, 4.69) is 25.9 Å². The number of amides is 3. The number of aliphatic hydroxyl groups is 1. The average Bonchev–Trinajstić information content (AvgIpc) is 3.33. The highest BCUT2D eigenvalue weighted by atomic mass is 32.2. The summed E-state index contributed by atoms with van der Waals surface area (Å²) < 4.78 is 0. The van der Waals surface area contributed by atoms with Crippen LogP contribution in [-0.2, 0) is 25.6 Å². The molecule has 2 rings (SSSR count). The molecular weight excluding hydrogens is 540 g/mol. The van der Waals surface area contributed by atoms with E-state index < -0.39 is 54.5 Å². The van der Waals surface area contributed by atoms with Crippen LogP contribution in [0, 0.1) is 0 Å². The number of aromatic amines is 1. The number of carboxylic acids is 1. The Labute approximate surface area is 235 Å². The fourth-order valence-electron chi connectivity index (χ4n) is 3.89. The van der Waals surface area contributed by atoms with Gasteiger partial charge < -0.3 is 48.3 Å². The molecule has 0 spiro atoms. The first-order chi connectivity index (χ1) is 19.1. The van der Waals surface area contributed by atoms with Crippen LogP contribution in [-0.4, -0.2) is 94.2 Å². The van der Waals surface area contributed by atoms with Gasteiger partial charge in [0, 0.05) is 30.1 Å². The lowest BCUT2D eigenvalue weighted by Gasteiger charge is -2.25. The fourth-order valence-corrected chi connectivity index (χ4v) is 4.36. The number of hydrogen-bond donors (Lipinski definition) is 9. The summed E-state index contributed by atoms with van der Waals surface area (Å²) in [5.74, 6) is -2.94. The molecule has 2 aromatic rings. The van der Waals surface area contributed by atoms with Crippen molar-refractivity contribution in [3.05, 3.63) is 36.0 Å². The van der Waals surface area contributed by atoms with E-state index >= 15 is 0 Å². The summed E-state index contributed by atoms with van der Waals surface area (Å²) in [5.41, 5.74) is 18.1. The van der Waals surface area contributed by atoms with E-state index in [1.54, 1.807) is 6.20 Å². The summed E-state index contributed by atoms with van der Waals surface area (Å²) in [5, 5.41) is 27.1. The van der Waals surface area contributed by atoms with Crippen molar-refractivity contribution in [2.45, 2.75) is 49.9 Å². The molecule has 0 fully saturated rings. The number of aromatic nitrogens is 1. The number of aliphatic imine (C=N–C) groups is 1. The predicted molar refractivity (Wildman–Crippen MR) is 153 cm³/mol. The number of carboxylic acid groups (broad SMARTS) is 1. The number of rotatable bonds is 17. The van der Waals surface area contributed by atoms with Crippen LogP contribution in [0.2, 0.25) is 0 Å². The summed E-state index contributed by atoms with van der Waals surface area (Å²) in [6, 6.07) is 2.70. The number of aliphatic hydroxyl groups excluding tert-OH is 1. The Kier molecular flexibility index (Phi) is 13.2. The van der Waals surface area contributed by atoms with E-state index in [0.717, 1.165) is 10.9 Å². The molecule has 220 valence electrons. The number of fused-ring (bicyclic) bond motifs is 1. The number of nitrogens with two attached hydrogens (primary N) is 3. The summed E-state index contributed by atoms with van der Waals surface area (Å²) >= 11 is 1.47. The van der Waals surface area contributed by atoms with Gasteiger partial charge >= 0.3 is 5.97 Å². The van der Waals surface area contributed by atoms with Gasteiger partial charge in [-0.15, -0.1) is 0 Å². The number of benzene rings is 1. The molecule has 14 nitrogen and oxygen atoms in total. The van der Waals surface area contributed by atoms with E-state index in [-0.39, 0.29) is 25.2 Å². The second kappa shape index (κ2) is 16.3. The molecule has 0 radical (unpaired) electrons. The Balaban J connectivity index is 2.20. The van der Waals surface area contributed by atoms with Crippen molar-refractivity contribution in [3.8, 4) is 0 Å². The van der Waals surface area contributed by atoms with Gasteiger partial charge in [-0.3, -0.25) is 19.4 Å². The van der Waals surface area contributed by atoms with Gasteiger partial charge in [-0.25, -0.2) is 4.79 Å². The maximum absolute atomic E-state index is 13.4. The van der Waals surface area contributed by atoms with Crippen LogP contribution in [0.3, 0.4) is 0 Å². The van der Waals surface area contributed by atoms with E-state index in [1.807, 2.05) is 30.5 Å². The van der Waals surface area contributed by atoms with Gasteiger partial charge in [-0.05, 0) is 42.9 Å². The van der Waals surface area contributed by atoms with Crippen molar-refractivity contribution in [3.63, 3.8) is 0 Å². The number of thioether (sulfide) groups is 1. The van der Waals surface area contributed by atoms with Crippen molar-refractivity contribution >= 4 is 52.3 Å². The van der Waals surface area contributed by atoms with Crippen LogP contribution in [0.5, 0.6) is 0 Å². The lowest BCUT2D eigenvalue weighted by Crippen LogP contribution is -2.58. The molecule has 0 aliphatic heterocycles. The first kappa shape index (κ1) is 32.4. The topological polar surface area (TPSA) is 251 Å². The SMILES string of the molecule is CSCCC(NC(=O)C(N)CCCN=C(N)N)C(=O)NC(Cc1c[nH]c2ccccc12)C(=O)NC(CO)C(=O)O.